The van der Waals surface area contributed by atoms with Gasteiger partial charge in [-0.05, 0) is 86.3 Å². The van der Waals surface area contributed by atoms with Crippen LogP contribution in [0.5, 0.6) is 5.75 Å². The second-order valence-corrected chi connectivity index (χ2v) is 28.8. The lowest BCUT2D eigenvalue weighted by molar-refractivity contribution is -0.143. The number of unbranched alkanes of at least 4 members (excludes halogenated alkanes) is 13. The first-order valence-electron chi connectivity index (χ1n) is 39.3. The molecule has 12 amide bonds. The van der Waals surface area contributed by atoms with E-state index in [1.54, 1.807) is 42.6 Å². The Hall–Kier alpha value is -10.2. The van der Waals surface area contributed by atoms with Crippen LogP contribution in [0.4, 0.5) is 0 Å². The molecule has 31 nitrogen and oxygen atoms in total. The summed E-state index contributed by atoms with van der Waals surface area (Å²) in [5.41, 5.74) is 13.9. The van der Waals surface area contributed by atoms with Crippen LogP contribution in [0.25, 0.3) is 10.9 Å². The highest BCUT2D eigenvalue weighted by atomic mass is 16.3. The second kappa shape index (κ2) is 48.4. The molecule has 110 heavy (non-hydrogen) atoms. The molecule has 0 spiro atoms. The Morgan fingerprint density at radius 1 is 0.600 bits per heavy atom. The zero-order chi connectivity index (χ0) is 79.7. The third-order valence-electron chi connectivity index (χ3n) is 19.8. The molecule has 3 aromatic carbocycles. The number of phenols is 1. The topological polar surface area (TPSA) is 493 Å². The normalized spacial score (nSPS) is 20.0. The molecule has 4 aromatic rings. The average molecular weight is 1530 g/mol. The number of phenolic OH excluding ortho intramolecular Hbond substituents is 1. The summed E-state index contributed by atoms with van der Waals surface area (Å²) in [6, 6.07) is 8.34. The van der Waals surface area contributed by atoms with Crippen LogP contribution < -0.4 is 70.0 Å². The minimum absolute atomic E-state index is 0.00395. The van der Waals surface area contributed by atoms with Gasteiger partial charge in [-0.1, -0.05) is 164 Å². The van der Waals surface area contributed by atoms with Gasteiger partial charge in [0.15, 0.2) is 5.96 Å². The van der Waals surface area contributed by atoms with Crippen LogP contribution in [-0.2, 0) is 76.8 Å². The van der Waals surface area contributed by atoms with Crippen molar-refractivity contribution in [3.05, 3.63) is 102 Å². The van der Waals surface area contributed by atoms with E-state index in [9.17, 15) is 68.1 Å². The van der Waals surface area contributed by atoms with Crippen LogP contribution in [0, 0.1) is 5.41 Å². The molecule has 3 heterocycles. The maximum absolute atomic E-state index is 15.2. The van der Waals surface area contributed by atoms with Crippen molar-refractivity contribution in [2.75, 3.05) is 32.8 Å². The highest BCUT2D eigenvalue weighted by Gasteiger charge is 2.44. The fourth-order valence-corrected chi connectivity index (χ4v) is 13.5. The number of rotatable bonds is 39. The molecule has 2 fully saturated rings. The molecule has 20 N–H and O–H groups in total. The molecule has 0 aliphatic carbocycles. The molecule has 0 bridgehead atoms. The Balaban J connectivity index is 1.19. The van der Waals surface area contributed by atoms with Crippen LogP contribution in [0.2, 0.25) is 0 Å². The third kappa shape index (κ3) is 31.4. The van der Waals surface area contributed by atoms with Crippen LogP contribution in [-0.4, -0.2) is 195 Å². The van der Waals surface area contributed by atoms with Gasteiger partial charge in [-0.25, -0.2) is 0 Å². The van der Waals surface area contributed by atoms with E-state index in [1.165, 1.54) is 82.1 Å². The molecule has 0 saturated carbocycles. The Kier molecular flexibility index (Phi) is 39.0. The molecular weight excluding hydrogens is 1410 g/mol. The zero-order valence-corrected chi connectivity index (χ0v) is 63.7. The van der Waals surface area contributed by atoms with Crippen molar-refractivity contribution in [3.8, 4) is 5.75 Å². The number of benzene rings is 3. The number of primary amides is 1. The summed E-state index contributed by atoms with van der Waals surface area (Å²) in [7, 11) is 0. The van der Waals surface area contributed by atoms with Crippen molar-refractivity contribution < 1.29 is 72.9 Å². The van der Waals surface area contributed by atoms with Gasteiger partial charge in [-0.3, -0.25) is 62.9 Å². The zero-order valence-electron chi connectivity index (χ0n) is 63.7. The first kappa shape index (κ1) is 88.7. The van der Waals surface area contributed by atoms with Crippen LogP contribution in [0.3, 0.4) is 0 Å². The second-order valence-electron chi connectivity index (χ2n) is 28.8. The minimum Gasteiger partial charge on any atom is -0.508 e. The molecule has 2 aliphatic rings. The van der Waals surface area contributed by atoms with Gasteiger partial charge >= 0.3 is 0 Å². The van der Waals surface area contributed by atoms with Crippen molar-refractivity contribution in [2.45, 2.75) is 261 Å². The molecule has 0 unspecified atom stereocenters. The number of carbonyl (C=O) groups excluding carboxylic acids is 12. The Labute approximate surface area is 643 Å². The average Bonchev–Trinajstić information content (AvgIpc) is 1.66. The molecule has 6 rings (SSSR count). The number of fused-ring (bicyclic) bond motifs is 2. The number of aliphatic hydroxyl groups excluding tert-OH is 2. The number of hydrogen-bond donors (Lipinski definition) is 18. The number of para-hydroxylation sites is 1. The largest absolute Gasteiger partial charge is 0.508 e. The highest BCUT2D eigenvalue weighted by molar-refractivity contribution is 5.99. The summed E-state index contributed by atoms with van der Waals surface area (Å²) >= 11 is 0. The van der Waals surface area contributed by atoms with E-state index in [1.807, 2.05) is 25.1 Å². The van der Waals surface area contributed by atoms with E-state index in [-0.39, 0.29) is 108 Å². The first-order valence-corrected chi connectivity index (χ1v) is 39.3. The van der Waals surface area contributed by atoms with Gasteiger partial charge in [-0.2, -0.15) is 0 Å². The maximum atomic E-state index is 15.2. The number of aliphatic hydroxyl groups is 2. The summed E-state index contributed by atoms with van der Waals surface area (Å²) in [5.74, 6) is -10.0. The van der Waals surface area contributed by atoms with Crippen molar-refractivity contribution in [1.82, 2.24) is 68.4 Å². The van der Waals surface area contributed by atoms with Gasteiger partial charge in [0.25, 0.3) is 0 Å². The third-order valence-corrected chi connectivity index (χ3v) is 19.8. The summed E-state index contributed by atoms with van der Waals surface area (Å²) < 4.78 is 0. The molecule has 0 radical (unpaired) electrons. The number of nitrogens with zero attached hydrogens (tertiary/aromatic N) is 1. The van der Waals surface area contributed by atoms with Crippen molar-refractivity contribution in [3.63, 3.8) is 0 Å². The number of nitrogens with two attached hydrogens (primary N) is 2. The summed E-state index contributed by atoms with van der Waals surface area (Å²) in [6.45, 7) is 2.65. The molecule has 2 aliphatic heterocycles. The molecular formula is C79H118N16O15. The predicted octanol–water partition coefficient (Wildman–Crippen LogP) is 2.74. The van der Waals surface area contributed by atoms with Gasteiger partial charge < -0.3 is 95.2 Å². The van der Waals surface area contributed by atoms with Gasteiger partial charge in [0.1, 0.15) is 60.1 Å². The number of aromatic amines is 1. The molecule has 31 heteroatoms. The summed E-state index contributed by atoms with van der Waals surface area (Å²) in [5, 5.41) is 70.1. The highest BCUT2D eigenvalue weighted by Crippen LogP contribution is 2.24. The van der Waals surface area contributed by atoms with Crippen molar-refractivity contribution in [2.24, 2.45) is 11.5 Å². The van der Waals surface area contributed by atoms with Crippen LogP contribution in [0.1, 0.15) is 197 Å². The summed E-state index contributed by atoms with van der Waals surface area (Å²) in [6.07, 6.45) is 15.2. The SMILES string of the molecule is CCCCCCCCCCCCCCCC(=O)NCCC(=O)N[C@@H](Cc1ccc(O)cc1)C(=O)N[C@@H](CO)C(=O)N[C@@H](CCCC)C(=O)N[C@H]1CCC(=O)NCCCC[C@@H](C(N)=O)NC(=O)[C@H](Cc2c[nH]c3ccccc23)NC(=O)[C@H](CCCNC(=N)N)NC(=O)[C@@H](Cc2ccccc2)NC(=O)[C@@H]2C[C@@H](O)CN2C1=O. The lowest BCUT2D eigenvalue weighted by Gasteiger charge is -2.31. The number of aromatic hydroxyl groups is 1. The van der Waals surface area contributed by atoms with Gasteiger partial charge in [-0.15, -0.1) is 0 Å². The molecule has 2 saturated heterocycles. The van der Waals surface area contributed by atoms with E-state index in [0.717, 1.165) is 35.1 Å². The minimum atomic E-state index is -1.73. The van der Waals surface area contributed by atoms with E-state index < -0.39 is 151 Å². The van der Waals surface area contributed by atoms with Crippen LogP contribution in [0.15, 0.2) is 85.1 Å². The molecule has 1 aromatic heterocycles. The van der Waals surface area contributed by atoms with E-state index >= 15 is 4.79 Å². The summed E-state index contributed by atoms with van der Waals surface area (Å²) in [4.78, 5) is 175. The van der Waals surface area contributed by atoms with E-state index in [2.05, 4.69) is 70.4 Å². The van der Waals surface area contributed by atoms with Gasteiger partial charge in [0.05, 0.1) is 12.7 Å². The molecule has 604 valence electrons. The quantitative estimate of drug-likeness (QED) is 0.0173. The number of guanidine groups is 1. The lowest BCUT2D eigenvalue weighted by Crippen LogP contribution is -2.61. The number of H-pyrrole nitrogens is 1. The van der Waals surface area contributed by atoms with Crippen molar-refractivity contribution >= 4 is 87.7 Å². The Bertz CT molecular complexity index is 3640. The van der Waals surface area contributed by atoms with Crippen molar-refractivity contribution in [1.29, 1.82) is 5.41 Å². The van der Waals surface area contributed by atoms with E-state index in [4.69, 9.17) is 16.9 Å². The van der Waals surface area contributed by atoms with Gasteiger partial charge in [0, 0.05) is 88.2 Å². The standard InChI is InChI=1S/C79H118N16O15/c1-3-5-7-8-9-10-11-12-13-14-15-16-20-33-67(99)84-43-40-69(101)87-62(45-52-34-36-54(97)37-35-52)73(105)94-65(50-96)76(108)90-59(29-6-4-2)71(103)91-61-38-39-68(100)83-41-24-23-31-58(70(80)102)88-75(107)64(46-53-48-86-57-30-22-21-28-56(53)57)92-72(104)60(32-25-42-85-79(81)82)89-74(106)63(44-51-26-18-17-19-27-51)93-77(109)66-47-55(98)49-95(66)78(61)110/h17-19,21-22,26-28,30,34-37,48,55,58-66,86,96-98H,3-16,20,23-25,29,31-33,38-47,49-50H2,1-2H3,(H2,80,102)(H,83,100)(H,84,99)(H,87,101)(H,88,107)(H,89,106)(H,90,108)(H,91,103)(H,92,104)(H,93,109)(H,94,105)(H4,81,82,85)/t55-,58+,59+,60+,61+,62+,63-,64+,65+,66+/m1/s1. The Morgan fingerprint density at radius 3 is 1.88 bits per heavy atom. The number of carbonyl (C=O) groups is 12. The lowest BCUT2D eigenvalue weighted by atomic mass is 10.0. The fraction of sp³-hybridized carbons (Fsp3) is 0.582. The van der Waals surface area contributed by atoms with Crippen LogP contribution >= 0.6 is 0 Å². The maximum Gasteiger partial charge on any atom is 0.245 e. The first-order chi connectivity index (χ1) is 53.0. The monoisotopic (exact) mass is 1530 g/mol. The van der Waals surface area contributed by atoms with E-state index in [0.29, 0.717) is 42.4 Å². The molecule has 10 atom stereocenters. The number of aromatic nitrogens is 1. The number of amides is 12. The fourth-order valence-electron chi connectivity index (χ4n) is 13.5. The number of hydrogen-bond acceptors (Lipinski definition) is 16. The van der Waals surface area contributed by atoms with Gasteiger partial charge in [0.2, 0.25) is 70.9 Å². The Morgan fingerprint density at radius 2 is 1.21 bits per heavy atom. The smallest absolute Gasteiger partial charge is 0.245 e. The predicted molar refractivity (Wildman–Crippen MR) is 415 cm³/mol. The number of nitrogens with one attached hydrogen (secondary N) is 13.